The number of amides is 1. The lowest BCUT2D eigenvalue weighted by Gasteiger charge is -2.62. The molecule has 3 fully saturated rings. The number of hydrogen-bond donors (Lipinski definition) is 1. The summed E-state index contributed by atoms with van der Waals surface area (Å²) < 4.78 is 0. The van der Waals surface area contributed by atoms with Gasteiger partial charge < -0.3 is 5.32 Å². The van der Waals surface area contributed by atoms with Crippen molar-refractivity contribution in [1.29, 1.82) is 0 Å². The molecule has 3 aliphatic carbocycles. The van der Waals surface area contributed by atoms with Gasteiger partial charge in [-0.1, -0.05) is 39.0 Å². The average Bonchev–Trinajstić information content (AvgIpc) is 2.41. The lowest BCUT2D eigenvalue weighted by atomic mass is 9.45. The molecule has 19 heavy (non-hydrogen) atoms. The van der Waals surface area contributed by atoms with Crippen LogP contribution in [0.2, 0.25) is 0 Å². The third kappa shape index (κ3) is 1.98. The third-order valence-corrected chi connectivity index (χ3v) is 5.71. The van der Waals surface area contributed by atoms with Crippen molar-refractivity contribution < 1.29 is 4.79 Å². The number of hydrogen-bond acceptors (Lipinski definition) is 1. The monoisotopic (exact) mass is 257 g/mol. The topological polar surface area (TPSA) is 29.1 Å². The molecule has 0 unspecified atom stereocenters. The predicted molar refractivity (Wildman–Crippen MR) is 76.9 cm³/mol. The molecule has 0 spiro atoms. The predicted octanol–water partition coefficient (Wildman–Crippen LogP) is 3.49. The van der Waals surface area contributed by atoms with Gasteiger partial charge >= 0.3 is 0 Å². The fourth-order valence-corrected chi connectivity index (χ4v) is 4.18. The molecule has 1 amide bonds. The van der Waals surface area contributed by atoms with E-state index in [2.05, 4.69) is 26.1 Å². The van der Waals surface area contributed by atoms with E-state index in [0.29, 0.717) is 17.4 Å². The summed E-state index contributed by atoms with van der Waals surface area (Å²) in [6.45, 7) is 7.08. The highest BCUT2D eigenvalue weighted by molar-refractivity contribution is 5.94. The van der Waals surface area contributed by atoms with Crippen molar-refractivity contribution in [2.45, 2.75) is 39.7 Å². The van der Waals surface area contributed by atoms with Crippen molar-refractivity contribution in [3.05, 3.63) is 35.9 Å². The maximum absolute atomic E-state index is 12.2. The van der Waals surface area contributed by atoms with Gasteiger partial charge in [0.15, 0.2) is 0 Å². The summed E-state index contributed by atoms with van der Waals surface area (Å²) in [6, 6.07) is 9.89. The highest BCUT2D eigenvalue weighted by atomic mass is 16.1. The first kappa shape index (κ1) is 12.7. The Bertz CT molecular complexity index is 479. The third-order valence-electron chi connectivity index (χ3n) is 5.71. The summed E-state index contributed by atoms with van der Waals surface area (Å²) in [7, 11) is 0. The average molecular weight is 257 g/mol. The molecule has 0 heterocycles. The van der Waals surface area contributed by atoms with E-state index in [0.717, 1.165) is 23.8 Å². The number of carbonyl (C=O) groups is 1. The zero-order valence-corrected chi connectivity index (χ0v) is 12.0. The Morgan fingerprint density at radius 3 is 2.47 bits per heavy atom. The standard InChI is InChI=1S/C17H23NO/c1-11-14-9-13(17(14,2)3)10-15(11)18-16(19)12-7-5-4-6-8-12/h4-8,11,13-15H,9-10H2,1-3H3,(H,18,19)/t11-,13-,14+,15-/m1/s1. The smallest absolute Gasteiger partial charge is 0.251 e. The Kier molecular flexibility index (Phi) is 2.92. The van der Waals surface area contributed by atoms with Gasteiger partial charge in [0.1, 0.15) is 0 Å². The van der Waals surface area contributed by atoms with Crippen LogP contribution < -0.4 is 5.32 Å². The molecule has 1 N–H and O–H groups in total. The molecule has 0 aromatic heterocycles. The summed E-state index contributed by atoms with van der Waals surface area (Å²) in [5.74, 6) is 2.23. The molecule has 1 aromatic rings. The van der Waals surface area contributed by atoms with Gasteiger partial charge in [0.2, 0.25) is 0 Å². The number of carbonyl (C=O) groups excluding carboxylic acids is 1. The first-order valence-corrected chi connectivity index (χ1v) is 7.36. The molecule has 102 valence electrons. The van der Waals surface area contributed by atoms with E-state index < -0.39 is 0 Å². The first-order chi connectivity index (χ1) is 9.00. The normalized spacial score (nSPS) is 35.3. The molecule has 4 atom stereocenters. The summed E-state index contributed by atoms with van der Waals surface area (Å²) in [5.41, 5.74) is 1.25. The number of rotatable bonds is 2. The molecule has 0 radical (unpaired) electrons. The van der Waals surface area contributed by atoms with Crippen LogP contribution in [0.3, 0.4) is 0 Å². The van der Waals surface area contributed by atoms with Crippen LogP contribution in [0.15, 0.2) is 30.3 Å². The van der Waals surface area contributed by atoms with Crippen molar-refractivity contribution in [2.24, 2.45) is 23.2 Å². The van der Waals surface area contributed by atoms with Crippen LogP contribution in [0.1, 0.15) is 44.0 Å². The van der Waals surface area contributed by atoms with E-state index in [1.54, 1.807) is 0 Å². The molecular formula is C17H23NO. The minimum Gasteiger partial charge on any atom is -0.349 e. The molecule has 2 bridgehead atoms. The molecule has 2 nitrogen and oxygen atoms in total. The van der Waals surface area contributed by atoms with Crippen LogP contribution in [-0.4, -0.2) is 11.9 Å². The van der Waals surface area contributed by atoms with E-state index >= 15 is 0 Å². The van der Waals surface area contributed by atoms with Gasteiger partial charge in [-0.25, -0.2) is 0 Å². The lowest BCUT2D eigenvalue weighted by Crippen LogP contribution is -2.60. The Balaban J connectivity index is 1.68. The van der Waals surface area contributed by atoms with E-state index in [1.165, 1.54) is 6.42 Å². The van der Waals surface area contributed by atoms with E-state index in [1.807, 2.05) is 30.3 Å². The van der Waals surface area contributed by atoms with Crippen molar-refractivity contribution in [2.75, 3.05) is 0 Å². The Morgan fingerprint density at radius 2 is 1.89 bits per heavy atom. The van der Waals surface area contributed by atoms with Crippen LogP contribution >= 0.6 is 0 Å². The SMILES string of the molecule is C[C@H]1[C@H](NC(=O)c2ccccc2)C[C@H]2C[C@@H]1C2(C)C. The molecule has 1 aromatic carbocycles. The van der Waals surface area contributed by atoms with Gasteiger partial charge in [-0.05, 0) is 48.1 Å². The molecule has 0 saturated heterocycles. The zero-order valence-electron chi connectivity index (χ0n) is 12.0. The molecule has 4 rings (SSSR count). The minimum absolute atomic E-state index is 0.0801. The fourth-order valence-electron chi connectivity index (χ4n) is 4.18. The van der Waals surface area contributed by atoms with Gasteiger partial charge in [0.05, 0.1) is 0 Å². The van der Waals surface area contributed by atoms with E-state index in [4.69, 9.17) is 0 Å². The number of fused-ring (bicyclic) bond motifs is 2. The molecule has 0 aliphatic heterocycles. The lowest BCUT2D eigenvalue weighted by molar-refractivity contribution is -0.113. The second-order valence-electron chi connectivity index (χ2n) is 6.90. The van der Waals surface area contributed by atoms with Crippen LogP contribution in [0.25, 0.3) is 0 Å². The number of benzene rings is 1. The van der Waals surface area contributed by atoms with E-state index in [-0.39, 0.29) is 5.91 Å². The van der Waals surface area contributed by atoms with Gasteiger partial charge in [-0.3, -0.25) is 4.79 Å². The Hall–Kier alpha value is -1.31. The fraction of sp³-hybridized carbons (Fsp3) is 0.588. The van der Waals surface area contributed by atoms with Crippen molar-refractivity contribution >= 4 is 5.91 Å². The summed E-state index contributed by atoms with van der Waals surface area (Å²) >= 11 is 0. The van der Waals surface area contributed by atoms with Gasteiger partial charge in [0, 0.05) is 11.6 Å². The molecule has 3 aliphatic rings. The minimum atomic E-state index is 0.0801. The van der Waals surface area contributed by atoms with E-state index in [9.17, 15) is 4.79 Å². The summed E-state index contributed by atoms with van der Waals surface area (Å²) in [4.78, 5) is 12.2. The van der Waals surface area contributed by atoms with Crippen LogP contribution in [0.4, 0.5) is 0 Å². The summed E-state index contributed by atoms with van der Waals surface area (Å²) in [5, 5.41) is 3.24. The highest BCUT2D eigenvalue weighted by Gasteiger charge is 2.56. The van der Waals surface area contributed by atoms with Crippen molar-refractivity contribution in [3.63, 3.8) is 0 Å². The van der Waals surface area contributed by atoms with Crippen LogP contribution in [0, 0.1) is 23.2 Å². The van der Waals surface area contributed by atoms with Crippen molar-refractivity contribution in [1.82, 2.24) is 5.32 Å². The maximum Gasteiger partial charge on any atom is 0.251 e. The zero-order chi connectivity index (χ0) is 13.6. The van der Waals surface area contributed by atoms with Crippen LogP contribution in [-0.2, 0) is 0 Å². The quantitative estimate of drug-likeness (QED) is 0.863. The summed E-state index contributed by atoms with van der Waals surface area (Å²) in [6.07, 6.45) is 2.50. The second kappa shape index (κ2) is 4.36. The molecule has 3 saturated carbocycles. The maximum atomic E-state index is 12.2. The highest BCUT2D eigenvalue weighted by Crippen LogP contribution is 2.61. The largest absolute Gasteiger partial charge is 0.349 e. The van der Waals surface area contributed by atoms with Gasteiger partial charge in [-0.15, -0.1) is 0 Å². The Labute approximate surface area is 115 Å². The Morgan fingerprint density at radius 1 is 1.21 bits per heavy atom. The number of nitrogens with one attached hydrogen (secondary N) is 1. The first-order valence-electron chi connectivity index (χ1n) is 7.36. The van der Waals surface area contributed by atoms with Gasteiger partial charge in [-0.2, -0.15) is 0 Å². The van der Waals surface area contributed by atoms with Crippen molar-refractivity contribution in [3.8, 4) is 0 Å². The molecular weight excluding hydrogens is 234 g/mol. The van der Waals surface area contributed by atoms with Crippen LogP contribution in [0.5, 0.6) is 0 Å². The second-order valence-corrected chi connectivity index (χ2v) is 6.90. The molecule has 2 heteroatoms. The van der Waals surface area contributed by atoms with Gasteiger partial charge in [0.25, 0.3) is 5.91 Å².